The molecule has 0 unspecified atom stereocenters. The van der Waals surface area contributed by atoms with E-state index < -0.39 is 5.76 Å². The second-order valence-corrected chi connectivity index (χ2v) is 4.74. The average molecular weight is 258 g/mol. The maximum atomic E-state index is 11.7. The van der Waals surface area contributed by atoms with Crippen molar-refractivity contribution in [1.82, 2.24) is 9.78 Å². The quantitative estimate of drug-likeness (QED) is 0.725. The van der Waals surface area contributed by atoms with Crippen molar-refractivity contribution in [2.24, 2.45) is 0 Å². The Balaban J connectivity index is 1.92. The molecule has 0 fully saturated rings. The average Bonchev–Trinajstić information content (AvgIpc) is 3.01. The van der Waals surface area contributed by atoms with Crippen molar-refractivity contribution in [2.45, 2.75) is 6.54 Å². The van der Waals surface area contributed by atoms with Crippen LogP contribution in [0.1, 0.15) is 5.56 Å². The molecule has 0 amide bonds. The highest BCUT2D eigenvalue weighted by Gasteiger charge is 2.10. The van der Waals surface area contributed by atoms with E-state index in [2.05, 4.69) is 5.10 Å². The molecule has 3 rings (SSSR count). The normalized spacial score (nSPS) is 10.7. The van der Waals surface area contributed by atoms with Gasteiger partial charge in [0.2, 0.25) is 0 Å². The first-order valence-electron chi connectivity index (χ1n) is 5.49. The highest BCUT2D eigenvalue weighted by atomic mass is 32.1. The summed E-state index contributed by atoms with van der Waals surface area (Å²) >= 11 is 1.50. The zero-order chi connectivity index (χ0) is 12.4. The van der Waals surface area contributed by atoms with Gasteiger partial charge in [0.1, 0.15) is 0 Å². The van der Waals surface area contributed by atoms with Crippen molar-refractivity contribution in [2.75, 3.05) is 0 Å². The Labute approximate surface area is 107 Å². The molecule has 2 heterocycles. The molecule has 0 aliphatic rings. The van der Waals surface area contributed by atoms with E-state index in [0.717, 1.165) is 10.4 Å². The standard InChI is InChI=1S/C13H10N2O2S/c16-13-15(9-10-5-2-1-3-6-10)14-12(17-13)11-7-4-8-18-11/h1-8H,9H2. The van der Waals surface area contributed by atoms with Gasteiger partial charge >= 0.3 is 5.76 Å². The van der Waals surface area contributed by atoms with Crippen LogP contribution in [0.4, 0.5) is 0 Å². The molecule has 0 bridgehead atoms. The second-order valence-electron chi connectivity index (χ2n) is 3.79. The molecule has 0 spiro atoms. The summed E-state index contributed by atoms with van der Waals surface area (Å²) < 4.78 is 6.48. The zero-order valence-electron chi connectivity index (χ0n) is 9.45. The van der Waals surface area contributed by atoms with Gasteiger partial charge in [-0.2, -0.15) is 4.68 Å². The van der Waals surface area contributed by atoms with Crippen LogP contribution in [0.15, 0.2) is 57.1 Å². The molecular weight excluding hydrogens is 248 g/mol. The third kappa shape index (κ3) is 2.12. The first-order chi connectivity index (χ1) is 8.83. The van der Waals surface area contributed by atoms with E-state index in [1.165, 1.54) is 16.0 Å². The molecule has 0 atom stereocenters. The smallest absolute Gasteiger partial charge is 0.387 e. The van der Waals surface area contributed by atoms with Crippen LogP contribution in [0.5, 0.6) is 0 Å². The number of hydrogen-bond acceptors (Lipinski definition) is 4. The van der Waals surface area contributed by atoms with Gasteiger partial charge in [0.05, 0.1) is 11.4 Å². The second kappa shape index (κ2) is 4.62. The van der Waals surface area contributed by atoms with E-state index in [1.807, 2.05) is 47.8 Å². The molecule has 90 valence electrons. The Bertz CT molecular complexity index is 683. The first kappa shape index (κ1) is 11.0. The van der Waals surface area contributed by atoms with Gasteiger partial charge in [0.15, 0.2) is 0 Å². The third-order valence-electron chi connectivity index (χ3n) is 2.51. The Morgan fingerprint density at radius 3 is 2.72 bits per heavy atom. The van der Waals surface area contributed by atoms with Gasteiger partial charge < -0.3 is 4.42 Å². The van der Waals surface area contributed by atoms with Crippen LogP contribution in [0.25, 0.3) is 10.8 Å². The van der Waals surface area contributed by atoms with Crippen molar-refractivity contribution in [1.29, 1.82) is 0 Å². The Kier molecular flexibility index (Phi) is 2.82. The fraction of sp³-hybridized carbons (Fsp3) is 0.0769. The van der Waals surface area contributed by atoms with Gasteiger partial charge in [-0.05, 0) is 17.0 Å². The van der Waals surface area contributed by atoms with Gasteiger partial charge in [0.25, 0.3) is 5.89 Å². The Morgan fingerprint density at radius 1 is 1.17 bits per heavy atom. The van der Waals surface area contributed by atoms with Gasteiger partial charge in [-0.3, -0.25) is 0 Å². The summed E-state index contributed by atoms with van der Waals surface area (Å²) in [6.07, 6.45) is 0. The van der Waals surface area contributed by atoms with Crippen LogP contribution in [0.3, 0.4) is 0 Å². The maximum absolute atomic E-state index is 11.7. The fourth-order valence-corrected chi connectivity index (χ4v) is 2.31. The minimum absolute atomic E-state index is 0.380. The van der Waals surface area contributed by atoms with Crippen LogP contribution in [-0.4, -0.2) is 9.78 Å². The zero-order valence-corrected chi connectivity index (χ0v) is 10.3. The van der Waals surface area contributed by atoms with E-state index in [4.69, 9.17) is 4.42 Å². The van der Waals surface area contributed by atoms with E-state index >= 15 is 0 Å². The lowest BCUT2D eigenvalue weighted by molar-refractivity contribution is 0.495. The topological polar surface area (TPSA) is 48.0 Å². The van der Waals surface area contributed by atoms with Gasteiger partial charge in [-0.15, -0.1) is 16.4 Å². The van der Waals surface area contributed by atoms with E-state index in [1.54, 1.807) is 0 Å². The molecule has 0 aliphatic heterocycles. The molecule has 3 aromatic rings. The summed E-state index contributed by atoms with van der Waals surface area (Å²) in [4.78, 5) is 12.5. The molecule has 2 aromatic heterocycles. The molecular formula is C13H10N2O2S. The number of benzene rings is 1. The van der Waals surface area contributed by atoms with Crippen molar-refractivity contribution in [3.8, 4) is 10.8 Å². The largest absolute Gasteiger partial charge is 0.437 e. The molecule has 0 saturated heterocycles. The van der Waals surface area contributed by atoms with E-state index in [9.17, 15) is 4.79 Å². The molecule has 0 N–H and O–H groups in total. The molecule has 0 radical (unpaired) electrons. The highest BCUT2D eigenvalue weighted by Crippen LogP contribution is 2.21. The monoisotopic (exact) mass is 258 g/mol. The number of nitrogens with zero attached hydrogens (tertiary/aromatic N) is 2. The molecule has 0 aliphatic carbocycles. The summed E-state index contributed by atoms with van der Waals surface area (Å²) in [7, 11) is 0. The predicted octanol–water partition coefficient (Wildman–Crippen LogP) is 2.61. The molecule has 4 nitrogen and oxygen atoms in total. The van der Waals surface area contributed by atoms with Crippen molar-refractivity contribution >= 4 is 11.3 Å². The first-order valence-corrected chi connectivity index (χ1v) is 6.36. The molecule has 1 aromatic carbocycles. The number of thiophene rings is 1. The van der Waals surface area contributed by atoms with Gasteiger partial charge in [0, 0.05) is 0 Å². The number of rotatable bonds is 3. The van der Waals surface area contributed by atoms with Gasteiger partial charge in [-0.1, -0.05) is 36.4 Å². The third-order valence-corrected chi connectivity index (χ3v) is 3.37. The Hall–Kier alpha value is -2.14. The van der Waals surface area contributed by atoms with Crippen LogP contribution in [0.2, 0.25) is 0 Å². The fourth-order valence-electron chi connectivity index (χ4n) is 1.66. The molecule has 18 heavy (non-hydrogen) atoms. The van der Waals surface area contributed by atoms with Crippen LogP contribution < -0.4 is 5.76 Å². The molecule has 0 saturated carbocycles. The van der Waals surface area contributed by atoms with Crippen LogP contribution in [0, 0.1) is 0 Å². The lowest BCUT2D eigenvalue weighted by atomic mass is 10.2. The van der Waals surface area contributed by atoms with E-state index in [0.29, 0.717) is 12.4 Å². The molecule has 5 heteroatoms. The summed E-state index contributed by atoms with van der Waals surface area (Å²) in [5, 5.41) is 6.12. The summed E-state index contributed by atoms with van der Waals surface area (Å²) in [6.45, 7) is 0.425. The van der Waals surface area contributed by atoms with Crippen molar-refractivity contribution < 1.29 is 4.42 Å². The summed E-state index contributed by atoms with van der Waals surface area (Å²) in [5.74, 6) is -0.0480. The lowest BCUT2D eigenvalue weighted by Crippen LogP contribution is -2.16. The SMILES string of the molecule is O=c1oc(-c2cccs2)nn1Cc1ccccc1. The van der Waals surface area contributed by atoms with Crippen LogP contribution >= 0.6 is 11.3 Å². The number of aromatic nitrogens is 2. The maximum Gasteiger partial charge on any atom is 0.437 e. The summed E-state index contributed by atoms with van der Waals surface area (Å²) in [6, 6.07) is 13.5. The van der Waals surface area contributed by atoms with Gasteiger partial charge in [-0.25, -0.2) is 4.79 Å². The van der Waals surface area contributed by atoms with E-state index in [-0.39, 0.29) is 0 Å². The van der Waals surface area contributed by atoms with Crippen molar-refractivity contribution in [3.63, 3.8) is 0 Å². The number of hydrogen-bond donors (Lipinski definition) is 0. The minimum Gasteiger partial charge on any atom is -0.387 e. The highest BCUT2D eigenvalue weighted by molar-refractivity contribution is 7.13. The predicted molar refractivity (Wildman–Crippen MR) is 69.6 cm³/mol. The van der Waals surface area contributed by atoms with Crippen LogP contribution in [-0.2, 0) is 6.54 Å². The summed E-state index contributed by atoms with van der Waals surface area (Å²) in [5.41, 5.74) is 1.02. The Morgan fingerprint density at radius 2 is 2.00 bits per heavy atom. The minimum atomic E-state index is -0.428. The van der Waals surface area contributed by atoms with Crippen molar-refractivity contribution in [3.05, 3.63) is 64.0 Å². The lowest BCUT2D eigenvalue weighted by Gasteiger charge is -1.97.